The van der Waals surface area contributed by atoms with Gasteiger partial charge in [0.25, 0.3) is 5.56 Å². The first kappa shape index (κ1) is 47.0. The second-order valence-corrected chi connectivity index (χ2v) is 19.5. The van der Waals surface area contributed by atoms with Gasteiger partial charge in [-0.05, 0) is 124 Å². The van der Waals surface area contributed by atoms with E-state index in [1.54, 1.807) is 25.4 Å². The Kier molecular flexibility index (Phi) is 16.7. The van der Waals surface area contributed by atoms with Crippen molar-refractivity contribution in [3.8, 4) is 17.2 Å². The zero-order valence-corrected chi connectivity index (χ0v) is 38.9. The Hall–Kier alpha value is -4.97. The third kappa shape index (κ3) is 13.5. The van der Waals surface area contributed by atoms with Gasteiger partial charge in [-0.3, -0.25) is 19.0 Å². The van der Waals surface area contributed by atoms with Crippen LogP contribution in [0.5, 0.6) is 11.5 Å². The highest BCUT2D eigenvalue weighted by atomic mass is 16.5. The van der Waals surface area contributed by atoms with E-state index in [1.807, 2.05) is 43.3 Å². The van der Waals surface area contributed by atoms with Gasteiger partial charge in [0.15, 0.2) is 5.65 Å². The third-order valence-corrected chi connectivity index (χ3v) is 13.5. The van der Waals surface area contributed by atoms with E-state index in [4.69, 9.17) is 19.2 Å². The summed E-state index contributed by atoms with van der Waals surface area (Å²) in [5.74, 6) is 4.39. The standard InChI is InChI=1S/C52H72N6O6/c1-36-26-38-29-39(27-36)33-52(3,32-38)34-47(59)53-22-13-11-9-7-5-6-8-10-12-14-23-63-24-25-64-43-20-21-45(46(31-43)62-4)56-51-54-35-44-37(2)28-48(60)58(49(44)57-51)42-17-15-16-41(30-42)55-50(61)40-18-19-40/h15-17,20-21,28,30-31,35-36,38-40H,5-14,18-19,22-27,29,32-34H2,1-4H3,(H,53,59)(H,55,61)(H,54,56,57). The number of unbranched alkanes of at least 4 members (excludes halogenated alkanes) is 9. The Morgan fingerprint density at radius 2 is 1.58 bits per heavy atom. The number of carbonyl (C=O) groups is 2. The Labute approximate surface area is 380 Å². The Balaban J connectivity index is 0.738. The van der Waals surface area contributed by atoms with Crippen molar-refractivity contribution < 1.29 is 23.8 Å². The lowest BCUT2D eigenvalue weighted by molar-refractivity contribution is -0.124. The largest absolute Gasteiger partial charge is 0.494 e. The molecule has 0 spiro atoms. The molecule has 4 aromatic rings. The predicted octanol–water partition coefficient (Wildman–Crippen LogP) is 10.8. The molecule has 12 nitrogen and oxygen atoms in total. The summed E-state index contributed by atoms with van der Waals surface area (Å²) in [7, 11) is 1.59. The van der Waals surface area contributed by atoms with E-state index in [2.05, 4.69) is 34.8 Å². The highest BCUT2D eigenvalue weighted by molar-refractivity contribution is 5.94. The van der Waals surface area contributed by atoms with Gasteiger partial charge in [-0.2, -0.15) is 4.98 Å². The summed E-state index contributed by atoms with van der Waals surface area (Å²) in [5.41, 5.74) is 3.04. The van der Waals surface area contributed by atoms with Gasteiger partial charge < -0.3 is 30.2 Å². The maximum atomic E-state index is 13.4. The fourth-order valence-corrected chi connectivity index (χ4v) is 10.5. The van der Waals surface area contributed by atoms with E-state index in [0.717, 1.165) is 67.5 Å². The van der Waals surface area contributed by atoms with Crippen LogP contribution in [0, 0.1) is 36.0 Å². The number of pyridine rings is 1. The van der Waals surface area contributed by atoms with E-state index in [0.29, 0.717) is 59.8 Å². The van der Waals surface area contributed by atoms with Crippen LogP contribution in [-0.2, 0) is 14.3 Å². The number of aromatic nitrogens is 3. The lowest BCUT2D eigenvalue weighted by atomic mass is 9.58. The van der Waals surface area contributed by atoms with E-state index in [9.17, 15) is 14.4 Å². The summed E-state index contributed by atoms with van der Waals surface area (Å²) in [4.78, 5) is 47.9. The molecule has 3 fully saturated rings. The monoisotopic (exact) mass is 877 g/mol. The quantitative estimate of drug-likeness (QED) is 0.0554. The van der Waals surface area contributed by atoms with Crippen LogP contribution in [0.1, 0.15) is 135 Å². The summed E-state index contributed by atoms with van der Waals surface area (Å²) in [6, 6.07) is 14.3. The molecular formula is C52H72N6O6. The number of anilines is 3. The number of nitrogens with one attached hydrogen (secondary N) is 3. The van der Waals surface area contributed by atoms with Gasteiger partial charge in [-0.25, -0.2) is 4.98 Å². The van der Waals surface area contributed by atoms with E-state index >= 15 is 0 Å². The van der Waals surface area contributed by atoms with Gasteiger partial charge in [0.1, 0.15) is 18.1 Å². The maximum absolute atomic E-state index is 13.4. The molecule has 3 aliphatic rings. The van der Waals surface area contributed by atoms with Gasteiger partial charge in [0.2, 0.25) is 17.8 Å². The predicted molar refractivity (Wildman–Crippen MR) is 255 cm³/mol. The molecule has 2 aromatic heterocycles. The van der Waals surface area contributed by atoms with Crippen molar-refractivity contribution in [2.24, 2.45) is 29.1 Å². The second-order valence-electron chi connectivity index (χ2n) is 19.5. The normalized spacial score (nSPS) is 20.5. The van der Waals surface area contributed by atoms with Gasteiger partial charge >= 0.3 is 0 Å². The van der Waals surface area contributed by atoms with Crippen LogP contribution in [0.4, 0.5) is 17.3 Å². The number of carbonyl (C=O) groups excluding carboxylic acids is 2. The maximum Gasteiger partial charge on any atom is 0.257 e. The van der Waals surface area contributed by atoms with E-state index in [-0.39, 0.29) is 28.7 Å². The van der Waals surface area contributed by atoms with Crippen LogP contribution >= 0.6 is 0 Å². The zero-order chi connectivity index (χ0) is 44.9. The number of benzene rings is 2. The van der Waals surface area contributed by atoms with Gasteiger partial charge in [-0.1, -0.05) is 71.3 Å². The van der Waals surface area contributed by atoms with Crippen molar-refractivity contribution in [2.75, 3.05) is 44.1 Å². The van der Waals surface area contributed by atoms with Crippen molar-refractivity contribution in [3.63, 3.8) is 0 Å². The fraction of sp³-hybridized carbons (Fsp3) is 0.596. The molecule has 2 unspecified atom stereocenters. The number of ether oxygens (including phenoxy) is 3. The van der Waals surface area contributed by atoms with Gasteiger partial charge in [0, 0.05) is 54.9 Å². The first-order valence-electron chi connectivity index (χ1n) is 24.3. The molecule has 2 atom stereocenters. The van der Waals surface area contributed by atoms with Crippen LogP contribution in [0.15, 0.2) is 59.5 Å². The SMILES string of the molecule is COc1cc(OCCOCCCCCCCCCCCCNC(=O)CC2(C)CC3CC(C)CC(C3)C2)ccc1Nc1ncc2c(C)cc(=O)n(-c3cccc(NC(=O)C4CC4)c3)c2n1. The Morgan fingerprint density at radius 1 is 0.859 bits per heavy atom. The number of methoxy groups -OCH3 is 1. The minimum atomic E-state index is -0.235. The lowest BCUT2D eigenvalue weighted by Crippen LogP contribution is -2.39. The number of nitrogens with zero attached hydrogens (tertiary/aromatic N) is 3. The van der Waals surface area contributed by atoms with Crippen molar-refractivity contribution in [2.45, 2.75) is 136 Å². The molecule has 3 saturated carbocycles. The molecule has 7 rings (SSSR count). The lowest BCUT2D eigenvalue weighted by Gasteiger charge is -2.47. The van der Waals surface area contributed by atoms with Crippen molar-refractivity contribution >= 4 is 40.2 Å². The smallest absolute Gasteiger partial charge is 0.257 e. The summed E-state index contributed by atoms with van der Waals surface area (Å²) >= 11 is 0. The van der Waals surface area contributed by atoms with Crippen LogP contribution in [0.2, 0.25) is 0 Å². The van der Waals surface area contributed by atoms with Crippen molar-refractivity contribution in [1.82, 2.24) is 19.9 Å². The molecule has 64 heavy (non-hydrogen) atoms. The minimum Gasteiger partial charge on any atom is -0.494 e. The Bertz CT molecular complexity index is 2220. The number of hydrogen-bond donors (Lipinski definition) is 3. The molecular weight excluding hydrogens is 805 g/mol. The molecule has 2 heterocycles. The zero-order valence-electron chi connectivity index (χ0n) is 38.9. The highest BCUT2D eigenvalue weighted by Crippen LogP contribution is 2.51. The molecule has 2 amide bonds. The molecule has 12 heteroatoms. The molecule has 3 aliphatic carbocycles. The number of hydrogen-bond acceptors (Lipinski definition) is 9. The molecule has 3 N–H and O–H groups in total. The summed E-state index contributed by atoms with van der Waals surface area (Å²) in [6.07, 6.45) is 23.0. The minimum absolute atomic E-state index is 0.00116. The molecule has 346 valence electrons. The Morgan fingerprint density at radius 3 is 2.30 bits per heavy atom. The van der Waals surface area contributed by atoms with Gasteiger partial charge in [0.05, 0.1) is 25.1 Å². The topological polar surface area (TPSA) is 146 Å². The summed E-state index contributed by atoms with van der Waals surface area (Å²) < 4.78 is 19.1. The summed E-state index contributed by atoms with van der Waals surface area (Å²) in [5, 5.41) is 10.2. The fourth-order valence-electron chi connectivity index (χ4n) is 10.5. The van der Waals surface area contributed by atoms with E-state index in [1.165, 1.54) is 88.0 Å². The van der Waals surface area contributed by atoms with Crippen LogP contribution in [0.25, 0.3) is 16.7 Å². The molecule has 2 aromatic carbocycles. The molecule has 0 saturated heterocycles. The number of amides is 2. The first-order valence-corrected chi connectivity index (χ1v) is 24.3. The summed E-state index contributed by atoms with van der Waals surface area (Å²) in [6.45, 7) is 9.13. The highest BCUT2D eigenvalue weighted by Gasteiger charge is 2.41. The average Bonchev–Trinajstić information content (AvgIpc) is 4.11. The average molecular weight is 877 g/mol. The number of rotatable bonds is 25. The molecule has 0 aliphatic heterocycles. The van der Waals surface area contributed by atoms with Crippen LogP contribution < -0.4 is 31.0 Å². The molecule has 0 radical (unpaired) electrons. The van der Waals surface area contributed by atoms with Crippen LogP contribution in [0.3, 0.4) is 0 Å². The van der Waals surface area contributed by atoms with Crippen LogP contribution in [-0.4, -0.2) is 59.8 Å². The second kappa shape index (κ2) is 22.8. The first-order chi connectivity index (χ1) is 31.1. The number of aryl methyl sites for hydroxylation is 1. The van der Waals surface area contributed by atoms with E-state index < -0.39 is 0 Å². The van der Waals surface area contributed by atoms with Gasteiger partial charge in [-0.15, -0.1) is 0 Å². The number of fused-ring (bicyclic) bond motifs is 3. The third-order valence-electron chi connectivity index (χ3n) is 13.5. The molecule has 2 bridgehead atoms. The van der Waals surface area contributed by atoms with Crippen molar-refractivity contribution in [1.29, 1.82) is 0 Å². The van der Waals surface area contributed by atoms with Crippen molar-refractivity contribution in [3.05, 3.63) is 70.6 Å².